The molecule has 0 radical (unpaired) electrons. The number of likely N-dealkylation sites (tertiary alicyclic amines) is 1. The Morgan fingerprint density at radius 1 is 1.44 bits per heavy atom. The standard InChI is InChI=1S/C14H24N2O2/c1-4-14(2,3)13(18)16-8-7-11-10(9-16)5-6-12(17)15-11/h10-11H,4-9H2,1-3H3,(H,15,17). The highest BCUT2D eigenvalue weighted by Crippen LogP contribution is 2.29. The Bertz CT molecular complexity index is 352. The van der Waals surface area contributed by atoms with E-state index >= 15 is 0 Å². The molecule has 2 aliphatic heterocycles. The number of rotatable bonds is 2. The van der Waals surface area contributed by atoms with Crippen molar-refractivity contribution in [3.05, 3.63) is 0 Å². The van der Waals surface area contributed by atoms with Crippen molar-refractivity contribution in [3.63, 3.8) is 0 Å². The molecule has 2 aliphatic rings. The van der Waals surface area contributed by atoms with Crippen LogP contribution in [0.2, 0.25) is 0 Å². The van der Waals surface area contributed by atoms with E-state index in [0.29, 0.717) is 18.4 Å². The van der Waals surface area contributed by atoms with Crippen molar-refractivity contribution in [1.82, 2.24) is 10.2 Å². The zero-order valence-electron chi connectivity index (χ0n) is 11.7. The first-order chi connectivity index (χ1) is 8.44. The van der Waals surface area contributed by atoms with Crippen LogP contribution in [-0.4, -0.2) is 35.8 Å². The monoisotopic (exact) mass is 252 g/mol. The van der Waals surface area contributed by atoms with E-state index in [1.807, 2.05) is 18.7 Å². The van der Waals surface area contributed by atoms with Crippen molar-refractivity contribution < 1.29 is 9.59 Å². The third kappa shape index (κ3) is 2.52. The van der Waals surface area contributed by atoms with Gasteiger partial charge in [0.25, 0.3) is 0 Å². The molecule has 18 heavy (non-hydrogen) atoms. The molecule has 0 aromatic heterocycles. The fraction of sp³-hybridized carbons (Fsp3) is 0.857. The van der Waals surface area contributed by atoms with E-state index in [0.717, 1.165) is 32.4 Å². The number of piperidine rings is 2. The number of nitrogens with zero attached hydrogens (tertiary/aromatic N) is 1. The fourth-order valence-electron chi connectivity index (χ4n) is 2.87. The number of carbonyl (C=O) groups is 2. The van der Waals surface area contributed by atoms with Gasteiger partial charge >= 0.3 is 0 Å². The van der Waals surface area contributed by atoms with Gasteiger partial charge in [-0.15, -0.1) is 0 Å². The quantitative estimate of drug-likeness (QED) is 0.810. The normalized spacial score (nSPS) is 28.6. The van der Waals surface area contributed by atoms with Crippen molar-refractivity contribution >= 4 is 11.8 Å². The summed E-state index contributed by atoms with van der Waals surface area (Å²) < 4.78 is 0. The van der Waals surface area contributed by atoms with Crippen LogP contribution in [0.25, 0.3) is 0 Å². The average molecular weight is 252 g/mol. The van der Waals surface area contributed by atoms with E-state index in [2.05, 4.69) is 12.2 Å². The SMILES string of the molecule is CCC(C)(C)C(=O)N1CCC2NC(=O)CCC2C1. The van der Waals surface area contributed by atoms with Gasteiger partial charge in [-0.2, -0.15) is 0 Å². The number of hydrogen-bond acceptors (Lipinski definition) is 2. The van der Waals surface area contributed by atoms with Crippen LogP contribution >= 0.6 is 0 Å². The highest BCUT2D eigenvalue weighted by Gasteiger charge is 2.38. The Balaban J connectivity index is 1.99. The molecule has 0 aromatic rings. The van der Waals surface area contributed by atoms with E-state index in [1.54, 1.807) is 0 Å². The molecular formula is C14H24N2O2. The van der Waals surface area contributed by atoms with Crippen molar-refractivity contribution in [2.24, 2.45) is 11.3 Å². The van der Waals surface area contributed by atoms with Gasteiger partial charge in [0, 0.05) is 31.0 Å². The molecule has 0 aromatic carbocycles. The van der Waals surface area contributed by atoms with Crippen molar-refractivity contribution in [2.45, 2.75) is 52.5 Å². The van der Waals surface area contributed by atoms with Crippen LogP contribution in [0.1, 0.15) is 46.5 Å². The maximum absolute atomic E-state index is 12.4. The van der Waals surface area contributed by atoms with Gasteiger partial charge in [-0.25, -0.2) is 0 Å². The van der Waals surface area contributed by atoms with Crippen LogP contribution in [0.5, 0.6) is 0 Å². The fourth-order valence-corrected chi connectivity index (χ4v) is 2.87. The molecule has 2 fully saturated rings. The van der Waals surface area contributed by atoms with Crippen molar-refractivity contribution in [3.8, 4) is 0 Å². The van der Waals surface area contributed by atoms with E-state index in [1.165, 1.54) is 0 Å². The van der Waals surface area contributed by atoms with Gasteiger partial charge in [-0.05, 0) is 25.2 Å². The second kappa shape index (κ2) is 4.90. The van der Waals surface area contributed by atoms with E-state index in [4.69, 9.17) is 0 Å². The summed E-state index contributed by atoms with van der Waals surface area (Å²) in [5.41, 5.74) is -0.259. The van der Waals surface area contributed by atoms with Crippen LogP contribution in [-0.2, 0) is 9.59 Å². The molecule has 0 bridgehead atoms. The van der Waals surface area contributed by atoms with Crippen LogP contribution in [0.4, 0.5) is 0 Å². The van der Waals surface area contributed by atoms with Crippen LogP contribution in [0, 0.1) is 11.3 Å². The first kappa shape index (κ1) is 13.4. The third-order valence-electron chi connectivity index (χ3n) is 4.57. The summed E-state index contributed by atoms with van der Waals surface area (Å²) >= 11 is 0. The first-order valence-electron chi connectivity index (χ1n) is 7.03. The molecule has 0 saturated carbocycles. The summed E-state index contributed by atoms with van der Waals surface area (Å²) in [6.07, 6.45) is 3.31. The molecule has 2 heterocycles. The number of carbonyl (C=O) groups excluding carboxylic acids is 2. The van der Waals surface area contributed by atoms with Crippen molar-refractivity contribution in [1.29, 1.82) is 0 Å². The molecule has 2 saturated heterocycles. The molecule has 4 nitrogen and oxygen atoms in total. The lowest BCUT2D eigenvalue weighted by Crippen LogP contribution is -2.56. The second-order valence-electron chi connectivity index (χ2n) is 6.25. The molecule has 2 amide bonds. The Morgan fingerprint density at radius 3 is 2.83 bits per heavy atom. The number of fused-ring (bicyclic) bond motifs is 1. The van der Waals surface area contributed by atoms with Crippen LogP contribution in [0.3, 0.4) is 0 Å². The van der Waals surface area contributed by atoms with Crippen LogP contribution in [0.15, 0.2) is 0 Å². The predicted octanol–water partition coefficient (Wildman–Crippen LogP) is 1.55. The molecule has 2 unspecified atom stereocenters. The molecule has 0 aliphatic carbocycles. The molecule has 102 valence electrons. The van der Waals surface area contributed by atoms with Gasteiger partial charge in [0.05, 0.1) is 0 Å². The molecular weight excluding hydrogens is 228 g/mol. The highest BCUT2D eigenvalue weighted by molar-refractivity contribution is 5.82. The van der Waals surface area contributed by atoms with E-state index < -0.39 is 0 Å². The average Bonchev–Trinajstić information content (AvgIpc) is 2.37. The van der Waals surface area contributed by atoms with Gasteiger partial charge in [0.15, 0.2) is 0 Å². The van der Waals surface area contributed by atoms with Gasteiger partial charge in [-0.1, -0.05) is 20.8 Å². The third-order valence-corrected chi connectivity index (χ3v) is 4.57. The highest BCUT2D eigenvalue weighted by atomic mass is 16.2. The Kier molecular flexibility index (Phi) is 3.64. The zero-order valence-corrected chi connectivity index (χ0v) is 11.7. The van der Waals surface area contributed by atoms with Crippen LogP contribution < -0.4 is 5.32 Å². The smallest absolute Gasteiger partial charge is 0.228 e. The van der Waals surface area contributed by atoms with Gasteiger partial charge < -0.3 is 10.2 Å². The van der Waals surface area contributed by atoms with Gasteiger partial charge in [0.1, 0.15) is 0 Å². The number of hydrogen-bond donors (Lipinski definition) is 1. The lowest BCUT2D eigenvalue weighted by atomic mass is 9.82. The summed E-state index contributed by atoms with van der Waals surface area (Å²) in [7, 11) is 0. The minimum Gasteiger partial charge on any atom is -0.353 e. The topological polar surface area (TPSA) is 49.4 Å². The molecule has 1 N–H and O–H groups in total. The largest absolute Gasteiger partial charge is 0.353 e. The summed E-state index contributed by atoms with van der Waals surface area (Å²) in [6, 6.07) is 0.292. The molecule has 4 heteroatoms. The van der Waals surface area contributed by atoms with Crippen molar-refractivity contribution in [2.75, 3.05) is 13.1 Å². The van der Waals surface area contributed by atoms with Gasteiger partial charge in [0.2, 0.25) is 11.8 Å². The molecule has 2 atom stereocenters. The maximum Gasteiger partial charge on any atom is 0.228 e. The zero-order chi connectivity index (χ0) is 13.3. The summed E-state index contributed by atoms with van der Waals surface area (Å²) in [6.45, 7) is 7.69. The van der Waals surface area contributed by atoms with E-state index in [9.17, 15) is 9.59 Å². The molecule has 0 spiro atoms. The number of nitrogens with one attached hydrogen (secondary N) is 1. The summed E-state index contributed by atoms with van der Waals surface area (Å²) in [4.78, 5) is 25.8. The summed E-state index contributed by atoms with van der Waals surface area (Å²) in [5.74, 6) is 0.887. The lowest BCUT2D eigenvalue weighted by molar-refractivity contribution is -0.143. The van der Waals surface area contributed by atoms with Gasteiger partial charge in [-0.3, -0.25) is 9.59 Å². The van der Waals surface area contributed by atoms with E-state index in [-0.39, 0.29) is 17.2 Å². The lowest BCUT2D eigenvalue weighted by Gasteiger charge is -2.43. The molecule has 2 rings (SSSR count). The Labute approximate surface area is 109 Å². The first-order valence-corrected chi connectivity index (χ1v) is 7.03. The minimum atomic E-state index is -0.259. The number of amides is 2. The predicted molar refractivity (Wildman–Crippen MR) is 69.9 cm³/mol. The second-order valence-corrected chi connectivity index (χ2v) is 6.25. The summed E-state index contributed by atoms with van der Waals surface area (Å²) in [5, 5.41) is 3.05. The minimum absolute atomic E-state index is 0.171. The Hall–Kier alpha value is -1.06. The Morgan fingerprint density at radius 2 is 2.17 bits per heavy atom. The maximum atomic E-state index is 12.4.